The maximum atomic E-state index is 3.53. The van der Waals surface area contributed by atoms with Crippen LogP contribution in [0.5, 0.6) is 0 Å². The SMILES string of the molecule is CCC1CC1NCc1ccc[nH]1. The third kappa shape index (κ3) is 1.69. The largest absolute Gasteiger partial charge is 0.364 e. The van der Waals surface area contributed by atoms with Crippen LogP contribution in [0.3, 0.4) is 0 Å². The fourth-order valence-corrected chi connectivity index (χ4v) is 1.67. The number of hydrogen-bond acceptors (Lipinski definition) is 1. The van der Waals surface area contributed by atoms with E-state index in [1.54, 1.807) is 0 Å². The lowest BCUT2D eigenvalue weighted by Gasteiger charge is -2.00. The van der Waals surface area contributed by atoms with E-state index in [1.165, 1.54) is 18.5 Å². The summed E-state index contributed by atoms with van der Waals surface area (Å²) in [6.45, 7) is 3.26. The molecule has 12 heavy (non-hydrogen) atoms. The molecule has 2 N–H and O–H groups in total. The molecule has 2 atom stereocenters. The second-order valence-corrected chi connectivity index (χ2v) is 3.59. The zero-order chi connectivity index (χ0) is 8.39. The molecule has 0 saturated heterocycles. The maximum Gasteiger partial charge on any atom is 0.0359 e. The molecule has 0 bridgehead atoms. The van der Waals surface area contributed by atoms with E-state index in [1.807, 2.05) is 12.3 Å². The van der Waals surface area contributed by atoms with E-state index < -0.39 is 0 Å². The monoisotopic (exact) mass is 164 g/mol. The van der Waals surface area contributed by atoms with Gasteiger partial charge in [-0.2, -0.15) is 0 Å². The van der Waals surface area contributed by atoms with Gasteiger partial charge in [0.2, 0.25) is 0 Å². The highest BCUT2D eigenvalue weighted by Gasteiger charge is 2.34. The first kappa shape index (κ1) is 7.87. The minimum absolute atomic E-state index is 0.790. The van der Waals surface area contributed by atoms with E-state index in [2.05, 4.69) is 23.3 Å². The molecular formula is C10H16N2. The van der Waals surface area contributed by atoms with Crippen LogP contribution in [0, 0.1) is 5.92 Å². The van der Waals surface area contributed by atoms with Crippen molar-refractivity contribution >= 4 is 0 Å². The van der Waals surface area contributed by atoms with Crippen molar-refractivity contribution in [1.82, 2.24) is 10.3 Å². The summed E-state index contributed by atoms with van der Waals surface area (Å²) >= 11 is 0. The summed E-state index contributed by atoms with van der Waals surface area (Å²) < 4.78 is 0. The van der Waals surface area contributed by atoms with Gasteiger partial charge in [-0.15, -0.1) is 0 Å². The lowest BCUT2D eigenvalue weighted by atomic mass is 10.3. The lowest BCUT2D eigenvalue weighted by Crippen LogP contribution is -2.17. The first-order valence-electron chi connectivity index (χ1n) is 4.75. The standard InChI is InChI=1S/C10H16N2/c1-2-8-6-10(8)12-7-9-4-3-5-11-9/h3-5,8,10-12H,2,6-7H2,1H3. The van der Waals surface area contributed by atoms with Crippen LogP contribution in [0.2, 0.25) is 0 Å². The minimum atomic E-state index is 0.790. The molecule has 66 valence electrons. The van der Waals surface area contributed by atoms with Crippen molar-refractivity contribution in [3.05, 3.63) is 24.0 Å². The van der Waals surface area contributed by atoms with Crippen LogP contribution in [0.4, 0.5) is 0 Å². The summed E-state index contributed by atoms with van der Waals surface area (Å²) in [5, 5.41) is 3.53. The molecule has 1 aliphatic carbocycles. The number of nitrogens with one attached hydrogen (secondary N) is 2. The van der Waals surface area contributed by atoms with Crippen LogP contribution in [0.25, 0.3) is 0 Å². The van der Waals surface area contributed by atoms with Gasteiger partial charge in [-0.1, -0.05) is 13.3 Å². The fraction of sp³-hybridized carbons (Fsp3) is 0.600. The molecule has 1 aromatic heterocycles. The van der Waals surface area contributed by atoms with E-state index >= 15 is 0 Å². The van der Waals surface area contributed by atoms with Crippen molar-refractivity contribution in [1.29, 1.82) is 0 Å². The van der Waals surface area contributed by atoms with Crippen molar-refractivity contribution in [3.63, 3.8) is 0 Å². The van der Waals surface area contributed by atoms with Gasteiger partial charge in [0.1, 0.15) is 0 Å². The Kier molecular flexibility index (Phi) is 2.17. The van der Waals surface area contributed by atoms with E-state index in [0.717, 1.165) is 18.5 Å². The van der Waals surface area contributed by atoms with Gasteiger partial charge in [0.15, 0.2) is 0 Å². The highest BCUT2D eigenvalue weighted by atomic mass is 15.0. The summed E-state index contributed by atoms with van der Waals surface area (Å²) in [6, 6.07) is 4.95. The Hall–Kier alpha value is -0.760. The molecule has 2 nitrogen and oxygen atoms in total. The van der Waals surface area contributed by atoms with Crippen LogP contribution in [-0.2, 0) is 6.54 Å². The van der Waals surface area contributed by atoms with Crippen LogP contribution in [0.15, 0.2) is 18.3 Å². The summed E-state index contributed by atoms with van der Waals surface area (Å²) in [5.74, 6) is 0.944. The fourth-order valence-electron chi connectivity index (χ4n) is 1.67. The van der Waals surface area contributed by atoms with Crippen LogP contribution in [-0.4, -0.2) is 11.0 Å². The number of rotatable bonds is 4. The topological polar surface area (TPSA) is 27.8 Å². The zero-order valence-corrected chi connectivity index (χ0v) is 7.51. The summed E-state index contributed by atoms with van der Waals surface area (Å²) in [7, 11) is 0. The molecule has 0 radical (unpaired) electrons. The van der Waals surface area contributed by atoms with Gasteiger partial charge in [0.25, 0.3) is 0 Å². The Morgan fingerprint density at radius 3 is 3.17 bits per heavy atom. The number of aromatic amines is 1. The molecule has 1 heterocycles. The molecule has 1 fully saturated rings. The second kappa shape index (κ2) is 3.31. The number of hydrogen-bond donors (Lipinski definition) is 2. The Bertz CT molecular complexity index is 228. The second-order valence-electron chi connectivity index (χ2n) is 3.59. The van der Waals surface area contributed by atoms with Gasteiger partial charge in [0, 0.05) is 24.5 Å². The molecule has 0 spiro atoms. The Balaban J connectivity index is 1.71. The van der Waals surface area contributed by atoms with Crippen molar-refractivity contribution in [2.24, 2.45) is 5.92 Å². The third-order valence-corrected chi connectivity index (χ3v) is 2.66. The van der Waals surface area contributed by atoms with Crippen molar-refractivity contribution in [2.45, 2.75) is 32.4 Å². The first-order valence-corrected chi connectivity index (χ1v) is 4.75. The number of H-pyrrole nitrogens is 1. The Labute approximate surface area is 73.4 Å². The first-order chi connectivity index (χ1) is 5.90. The van der Waals surface area contributed by atoms with E-state index in [-0.39, 0.29) is 0 Å². The smallest absolute Gasteiger partial charge is 0.0359 e. The van der Waals surface area contributed by atoms with Crippen LogP contribution >= 0.6 is 0 Å². The molecule has 2 unspecified atom stereocenters. The van der Waals surface area contributed by atoms with E-state index in [4.69, 9.17) is 0 Å². The molecule has 2 heteroatoms. The van der Waals surface area contributed by atoms with E-state index in [9.17, 15) is 0 Å². The van der Waals surface area contributed by atoms with Gasteiger partial charge < -0.3 is 10.3 Å². The highest BCUT2D eigenvalue weighted by molar-refractivity contribution is 5.04. The van der Waals surface area contributed by atoms with Crippen molar-refractivity contribution in [2.75, 3.05) is 0 Å². The summed E-state index contributed by atoms with van der Waals surface area (Å²) in [5.41, 5.74) is 1.29. The predicted molar refractivity (Wildman–Crippen MR) is 49.8 cm³/mol. The number of aromatic nitrogens is 1. The van der Waals surface area contributed by atoms with Crippen LogP contribution < -0.4 is 5.32 Å². The molecule has 1 aromatic rings. The summed E-state index contributed by atoms with van der Waals surface area (Å²) in [6.07, 6.45) is 4.67. The molecule has 0 aliphatic heterocycles. The molecule has 1 saturated carbocycles. The Morgan fingerprint density at radius 1 is 1.67 bits per heavy atom. The quantitative estimate of drug-likeness (QED) is 0.699. The Morgan fingerprint density at radius 2 is 2.58 bits per heavy atom. The molecular weight excluding hydrogens is 148 g/mol. The molecule has 1 aliphatic rings. The predicted octanol–water partition coefficient (Wildman–Crippen LogP) is 1.90. The van der Waals surface area contributed by atoms with Crippen molar-refractivity contribution < 1.29 is 0 Å². The normalized spacial score (nSPS) is 27.4. The van der Waals surface area contributed by atoms with Gasteiger partial charge in [0.05, 0.1) is 0 Å². The highest BCUT2D eigenvalue weighted by Crippen LogP contribution is 2.33. The van der Waals surface area contributed by atoms with Gasteiger partial charge in [-0.05, 0) is 24.5 Å². The minimum Gasteiger partial charge on any atom is -0.364 e. The summed E-state index contributed by atoms with van der Waals surface area (Å²) in [4.78, 5) is 3.19. The lowest BCUT2D eigenvalue weighted by molar-refractivity contribution is 0.617. The van der Waals surface area contributed by atoms with Crippen LogP contribution in [0.1, 0.15) is 25.5 Å². The van der Waals surface area contributed by atoms with Gasteiger partial charge in [-0.3, -0.25) is 0 Å². The molecule has 0 amide bonds. The van der Waals surface area contributed by atoms with Gasteiger partial charge >= 0.3 is 0 Å². The average molecular weight is 164 g/mol. The van der Waals surface area contributed by atoms with Crippen molar-refractivity contribution in [3.8, 4) is 0 Å². The molecule has 2 rings (SSSR count). The molecule has 0 aromatic carbocycles. The zero-order valence-electron chi connectivity index (χ0n) is 7.51. The van der Waals surface area contributed by atoms with Gasteiger partial charge in [-0.25, -0.2) is 0 Å². The average Bonchev–Trinajstić information content (AvgIpc) is 2.67. The maximum absolute atomic E-state index is 3.53. The third-order valence-electron chi connectivity index (χ3n) is 2.66. The van der Waals surface area contributed by atoms with E-state index in [0.29, 0.717) is 0 Å².